The van der Waals surface area contributed by atoms with E-state index in [1.165, 1.54) is 0 Å². The smallest absolute Gasteiger partial charge is 0.162 e. The maximum absolute atomic E-state index is 5.65. The average Bonchev–Trinajstić information content (AvgIpc) is 2.78. The first-order chi connectivity index (χ1) is 7.70. The number of nitrogen functional groups attached to an aromatic ring is 1. The molecule has 1 aliphatic carbocycles. The third-order valence-electron chi connectivity index (χ3n) is 3.21. The monoisotopic (exact) mass is 222 g/mol. The van der Waals surface area contributed by atoms with Crippen molar-refractivity contribution in [3.8, 4) is 0 Å². The van der Waals surface area contributed by atoms with Crippen LogP contribution in [0.4, 0.5) is 5.82 Å². The minimum atomic E-state index is -0.308. The van der Waals surface area contributed by atoms with E-state index in [-0.39, 0.29) is 5.60 Å². The first-order valence-electron chi connectivity index (χ1n) is 5.58. The van der Waals surface area contributed by atoms with E-state index in [4.69, 9.17) is 10.6 Å². The van der Waals surface area contributed by atoms with Gasteiger partial charge in [0.05, 0.1) is 0 Å². The number of aromatic nitrogens is 2. The number of nitrogens with one attached hydrogen (secondary N) is 1. The van der Waals surface area contributed by atoms with Crippen LogP contribution in [0.1, 0.15) is 37.2 Å². The Labute approximate surface area is 95.4 Å². The quantitative estimate of drug-likeness (QED) is 0.598. The normalized spacial score (nSPS) is 18.7. The summed E-state index contributed by atoms with van der Waals surface area (Å²) in [5.74, 6) is 6.78. The van der Waals surface area contributed by atoms with E-state index < -0.39 is 0 Å². The number of hydrogen-bond acceptors (Lipinski definition) is 5. The van der Waals surface area contributed by atoms with Crippen molar-refractivity contribution in [2.24, 2.45) is 5.84 Å². The Morgan fingerprint density at radius 1 is 1.38 bits per heavy atom. The highest BCUT2D eigenvalue weighted by atomic mass is 16.5. The van der Waals surface area contributed by atoms with E-state index in [1.807, 2.05) is 13.0 Å². The lowest BCUT2D eigenvalue weighted by Crippen LogP contribution is -2.28. The zero-order valence-corrected chi connectivity index (χ0v) is 9.79. The summed E-state index contributed by atoms with van der Waals surface area (Å²) in [6.07, 6.45) is 4.29. The van der Waals surface area contributed by atoms with Crippen LogP contribution in [0.25, 0.3) is 0 Å². The molecule has 0 saturated heterocycles. The van der Waals surface area contributed by atoms with Crippen LogP contribution >= 0.6 is 0 Å². The second-order valence-corrected chi connectivity index (χ2v) is 4.27. The summed E-state index contributed by atoms with van der Waals surface area (Å²) in [5.41, 5.74) is 3.16. The van der Waals surface area contributed by atoms with Gasteiger partial charge in [0, 0.05) is 18.9 Å². The average molecular weight is 222 g/mol. The Morgan fingerprint density at radius 3 is 2.62 bits per heavy atom. The van der Waals surface area contributed by atoms with Crippen molar-refractivity contribution < 1.29 is 4.74 Å². The number of hydrogen-bond donors (Lipinski definition) is 2. The largest absolute Gasteiger partial charge is 0.370 e. The second-order valence-electron chi connectivity index (χ2n) is 4.27. The van der Waals surface area contributed by atoms with Crippen molar-refractivity contribution in [2.75, 3.05) is 12.5 Å². The van der Waals surface area contributed by atoms with Crippen molar-refractivity contribution in [3.05, 3.63) is 17.6 Å². The van der Waals surface area contributed by atoms with Gasteiger partial charge in [0.2, 0.25) is 0 Å². The number of nitrogens with zero attached hydrogens (tertiary/aromatic N) is 2. The summed E-state index contributed by atoms with van der Waals surface area (Å²) in [6, 6.07) is 1.82. The number of anilines is 1. The van der Waals surface area contributed by atoms with Crippen LogP contribution in [0, 0.1) is 6.92 Å². The maximum atomic E-state index is 5.65. The SMILES string of the molecule is COC1(c2nc(C)cc(NN)n2)CCCC1. The van der Waals surface area contributed by atoms with Crippen molar-refractivity contribution in [2.45, 2.75) is 38.2 Å². The topological polar surface area (TPSA) is 73.1 Å². The molecule has 0 radical (unpaired) electrons. The molecule has 0 bridgehead atoms. The molecule has 16 heavy (non-hydrogen) atoms. The molecule has 3 N–H and O–H groups in total. The number of aryl methyl sites for hydroxylation is 1. The van der Waals surface area contributed by atoms with Crippen LogP contribution in [-0.4, -0.2) is 17.1 Å². The Balaban J connectivity index is 2.41. The van der Waals surface area contributed by atoms with E-state index in [9.17, 15) is 0 Å². The molecule has 1 fully saturated rings. The third kappa shape index (κ3) is 1.88. The fraction of sp³-hybridized carbons (Fsp3) is 0.636. The van der Waals surface area contributed by atoms with Gasteiger partial charge in [-0.3, -0.25) is 0 Å². The van der Waals surface area contributed by atoms with Gasteiger partial charge in [-0.2, -0.15) is 0 Å². The van der Waals surface area contributed by atoms with Crippen LogP contribution in [0.2, 0.25) is 0 Å². The minimum Gasteiger partial charge on any atom is -0.370 e. The molecule has 5 heteroatoms. The molecule has 2 rings (SSSR count). The fourth-order valence-electron chi connectivity index (χ4n) is 2.31. The lowest BCUT2D eigenvalue weighted by molar-refractivity contribution is -0.0163. The molecule has 1 heterocycles. The molecule has 0 unspecified atom stereocenters. The highest BCUT2D eigenvalue weighted by Crippen LogP contribution is 2.40. The van der Waals surface area contributed by atoms with Gasteiger partial charge in [0.25, 0.3) is 0 Å². The van der Waals surface area contributed by atoms with E-state index in [1.54, 1.807) is 7.11 Å². The van der Waals surface area contributed by atoms with Crippen molar-refractivity contribution >= 4 is 5.82 Å². The molecule has 1 aromatic rings. The van der Waals surface area contributed by atoms with E-state index in [0.29, 0.717) is 5.82 Å². The Kier molecular flexibility index (Phi) is 3.07. The minimum absolute atomic E-state index is 0.308. The van der Waals surface area contributed by atoms with Crippen molar-refractivity contribution in [1.29, 1.82) is 0 Å². The summed E-state index contributed by atoms with van der Waals surface area (Å²) < 4.78 is 5.65. The lowest BCUT2D eigenvalue weighted by atomic mass is 10.0. The standard InChI is InChI=1S/C11H18N4O/c1-8-7-9(15-12)14-10(13-8)11(16-2)5-3-4-6-11/h7H,3-6,12H2,1-2H3,(H,13,14,15). The van der Waals surface area contributed by atoms with Crippen LogP contribution < -0.4 is 11.3 Å². The molecule has 0 aliphatic heterocycles. The zero-order chi connectivity index (χ0) is 11.6. The van der Waals surface area contributed by atoms with Gasteiger partial charge in [-0.1, -0.05) is 0 Å². The van der Waals surface area contributed by atoms with Gasteiger partial charge in [0.15, 0.2) is 5.82 Å². The third-order valence-corrected chi connectivity index (χ3v) is 3.21. The second kappa shape index (κ2) is 4.35. The van der Waals surface area contributed by atoms with E-state index in [2.05, 4.69) is 15.4 Å². The van der Waals surface area contributed by atoms with Crippen LogP contribution in [0.5, 0.6) is 0 Å². The highest BCUT2D eigenvalue weighted by Gasteiger charge is 2.38. The summed E-state index contributed by atoms with van der Waals surface area (Å²) >= 11 is 0. The summed E-state index contributed by atoms with van der Waals surface area (Å²) in [7, 11) is 1.73. The summed E-state index contributed by atoms with van der Waals surface area (Å²) in [4.78, 5) is 8.88. The fourth-order valence-corrected chi connectivity index (χ4v) is 2.31. The van der Waals surface area contributed by atoms with Crippen molar-refractivity contribution in [1.82, 2.24) is 9.97 Å². The van der Waals surface area contributed by atoms with Gasteiger partial charge >= 0.3 is 0 Å². The molecule has 0 atom stereocenters. The van der Waals surface area contributed by atoms with Crippen LogP contribution in [0.15, 0.2) is 6.07 Å². The Bertz CT molecular complexity index is 374. The molecule has 0 spiro atoms. The van der Waals surface area contributed by atoms with Gasteiger partial charge in [-0.05, 0) is 32.6 Å². The zero-order valence-electron chi connectivity index (χ0n) is 9.79. The number of ether oxygens (including phenoxy) is 1. The highest BCUT2D eigenvalue weighted by molar-refractivity contribution is 5.35. The molecule has 1 saturated carbocycles. The molecule has 5 nitrogen and oxygen atoms in total. The first-order valence-corrected chi connectivity index (χ1v) is 5.58. The molecule has 1 aliphatic rings. The molecule has 1 aromatic heterocycles. The maximum Gasteiger partial charge on any atom is 0.162 e. The van der Waals surface area contributed by atoms with Gasteiger partial charge in [0.1, 0.15) is 11.4 Å². The number of rotatable bonds is 3. The van der Waals surface area contributed by atoms with Crippen LogP contribution in [0.3, 0.4) is 0 Å². The number of methoxy groups -OCH3 is 1. The lowest BCUT2D eigenvalue weighted by Gasteiger charge is -2.26. The van der Waals surface area contributed by atoms with Crippen molar-refractivity contribution in [3.63, 3.8) is 0 Å². The van der Waals surface area contributed by atoms with E-state index in [0.717, 1.165) is 37.2 Å². The molecular formula is C11H18N4O. The molecule has 0 amide bonds. The predicted molar refractivity (Wildman–Crippen MR) is 61.7 cm³/mol. The number of hydrazine groups is 1. The van der Waals surface area contributed by atoms with Gasteiger partial charge in [-0.25, -0.2) is 15.8 Å². The Hall–Kier alpha value is -1.20. The summed E-state index contributed by atoms with van der Waals surface area (Å²) in [5, 5.41) is 0. The Morgan fingerprint density at radius 2 is 2.06 bits per heavy atom. The molecule has 0 aromatic carbocycles. The van der Waals surface area contributed by atoms with Gasteiger partial charge in [-0.15, -0.1) is 0 Å². The number of nitrogens with two attached hydrogens (primary N) is 1. The molecule has 88 valence electrons. The summed E-state index contributed by atoms with van der Waals surface area (Å²) in [6.45, 7) is 1.93. The first kappa shape index (κ1) is 11.3. The van der Waals surface area contributed by atoms with Gasteiger partial charge < -0.3 is 10.2 Å². The predicted octanol–water partition coefficient (Wildman–Crippen LogP) is 1.49. The van der Waals surface area contributed by atoms with Crippen LogP contribution in [-0.2, 0) is 10.3 Å². The molecular weight excluding hydrogens is 204 g/mol. The van der Waals surface area contributed by atoms with E-state index >= 15 is 0 Å².